The zero-order valence-corrected chi connectivity index (χ0v) is 10.0. The van der Waals surface area contributed by atoms with Gasteiger partial charge in [0.15, 0.2) is 5.96 Å². The first-order valence-corrected chi connectivity index (χ1v) is 5.44. The van der Waals surface area contributed by atoms with Crippen LogP contribution in [-0.4, -0.2) is 52.5 Å². The van der Waals surface area contributed by atoms with Gasteiger partial charge >= 0.3 is 0 Å². The first-order chi connectivity index (χ1) is 7.35. The molecule has 0 aliphatic heterocycles. The average molecular weight is 217 g/mol. The van der Waals surface area contributed by atoms with Crippen molar-refractivity contribution < 1.29 is 9.47 Å². The van der Waals surface area contributed by atoms with E-state index in [9.17, 15) is 0 Å². The molecule has 5 heteroatoms. The van der Waals surface area contributed by atoms with Crippen LogP contribution < -0.4 is 10.6 Å². The first kappa shape index (κ1) is 14.2. The minimum atomic E-state index is 0.664. The topological polar surface area (TPSA) is 54.9 Å². The summed E-state index contributed by atoms with van der Waals surface area (Å²) in [4.78, 5) is 4.34. The van der Waals surface area contributed by atoms with E-state index in [1.165, 1.54) is 0 Å². The lowest BCUT2D eigenvalue weighted by Gasteiger charge is -2.10. The van der Waals surface area contributed by atoms with Gasteiger partial charge in [0.2, 0.25) is 0 Å². The molecule has 0 aliphatic carbocycles. The van der Waals surface area contributed by atoms with Crippen LogP contribution in [0.1, 0.15) is 13.8 Å². The molecule has 90 valence electrons. The molecular formula is C10H23N3O2. The lowest BCUT2D eigenvalue weighted by molar-refractivity contribution is 0.155. The van der Waals surface area contributed by atoms with Crippen LogP contribution in [0.15, 0.2) is 4.99 Å². The molecule has 0 fully saturated rings. The molecule has 0 saturated carbocycles. The molecule has 0 heterocycles. The Morgan fingerprint density at radius 1 is 1.20 bits per heavy atom. The SMILES string of the molecule is CCNC(=NCCOCC)NCCOC. The fourth-order valence-corrected chi connectivity index (χ4v) is 0.980. The lowest BCUT2D eigenvalue weighted by atomic mass is 10.6. The summed E-state index contributed by atoms with van der Waals surface area (Å²) in [7, 11) is 1.68. The molecule has 0 aromatic rings. The number of guanidine groups is 1. The van der Waals surface area contributed by atoms with Crippen molar-refractivity contribution in [2.75, 3.05) is 46.6 Å². The molecule has 2 N–H and O–H groups in total. The zero-order valence-electron chi connectivity index (χ0n) is 10.0. The Hall–Kier alpha value is -0.810. The molecule has 0 amide bonds. The largest absolute Gasteiger partial charge is 0.383 e. The number of aliphatic imine (C=N–C) groups is 1. The molecular weight excluding hydrogens is 194 g/mol. The molecule has 0 rings (SSSR count). The van der Waals surface area contributed by atoms with Crippen LogP contribution in [0.3, 0.4) is 0 Å². The highest BCUT2D eigenvalue weighted by molar-refractivity contribution is 5.79. The zero-order chi connectivity index (χ0) is 11.4. The maximum absolute atomic E-state index is 5.20. The fourth-order valence-electron chi connectivity index (χ4n) is 0.980. The number of rotatable bonds is 8. The average Bonchev–Trinajstić information content (AvgIpc) is 2.24. The van der Waals surface area contributed by atoms with Gasteiger partial charge in [-0.1, -0.05) is 0 Å². The van der Waals surface area contributed by atoms with Crippen LogP contribution in [0.5, 0.6) is 0 Å². The minimum Gasteiger partial charge on any atom is -0.383 e. The highest BCUT2D eigenvalue weighted by Crippen LogP contribution is 1.77. The van der Waals surface area contributed by atoms with Crippen LogP contribution >= 0.6 is 0 Å². The summed E-state index contributed by atoms with van der Waals surface area (Å²) in [6.07, 6.45) is 0. The molecule has 0 saturated heterocycles. The summed E-state index contributed by atoms with van der Waals surface area (Å²) in [5.74, 6) is 0.814. The van der Waals surface area contributed by atoms with Crippen molar-refractivity contribution in [1.82, 2.24) is 10.6 Å². The Bertz CT molecular complexity index is 163. The van der Waals surface area contributed by atoms with Gasteiger partial charge in [0.05, 0.1) is 19.8 Å². The van der Waals surface area contributed by atoms with E-state index in [-0.39, 0.29) is 0 Å². The third kappa shape index (κ3) is 9.49. The standard InChI is InChI=1S/C10H23N3O2/c1-4-11-10(12-6-8-14-3)13-7-9-15-5-2/h4-9H2,1-3H3,(H2,11,12,13). The highest BCUT2D eigenvalue weighted by atomic mass is 16.5. The maximum Gasteiger partial charge on any atom is 0.191 e. The normalized spacial score (nSPS) is 11.5. The van der Waals surface area contributed by atoms with Crippen LogP contribution in [0.2, 0.25) is 0 Å². The van der Waals surface area contributed by atoms with Gasteiger partial charge in [-0.05, 0) is 13.8 Å². The van der Waals surface area contributed by atoms with Crippen LogP contribution in [0.4, 0.5) is 0 Å². The van der Waals surface area contributed by atoms with E-state index >= 15 is 0 Å². The van der Waals surface area contributed by atoms with Gasteiger partial charge in [0.25, 0.3) is 0 Å². The Morgan fingerprint density at radius 2 is 2.00 bits per heavy atom. The lowest BCUT2D eigenvalue weighted by Crippen LogP contribution is -2.39. The minimum absolute atomic E-state index is 0.664. The fraction of sp³-hybridized carbons (Fsp3) is 0.900. The van der Waals surface area contributed by atoms with E-state index in [1.807, 2.05) is 13.8 Å². The second-order valence-electron chi connectivity index (χ2n) is 2.88. The van der Waals surface area contributed by atoms with Crippen molar-refractivity contribution in [1.29, 1.82) is 0 Å². The van der Waals surface area contributed by atoms with Gasteiger partial charge in [-0.3, -0.25) is 4.99 Å². The monoisotopic (exact) mass is 217 g/mol. The van der Waals surface area contributed by atoms with Crippen molar-refractivity contribution in [3.63, 3.8) is 0 Å². The molecule has 0 bridgehead atoms. The predicted molar refractivity (Wildman–Crippen MR) is 62.4 cm³/mol. The first-order valence-electron chi connectivity index (χ1n) is 5.44. The second-order valence-corrected chi connectivity index (χ2v) is 2.88. The van der Waals surface area contributed by atoms with Gasteiger partial charge in [-0.15, -0.1) is 0 Å². The van der Waals surface area contributed by atoms with Crippen molar-refractivity contribution in [2.24, 2.45) is 4.99 Å². The molecule has 0 unspecified atom stereocenters. The van der Waals surface area contributed by atoms with E-state index in [4.69, 9.17) is 9.47 Å². The van der Waals surface area contributed by atoms with E-state index in [0.29, 0.717) is 19.8 Å². The number of hydrogen-bond acceptors (Lipinski definition) is 3. The second kappa shape index (κ2) is 11.3. The maximum atomic E-state index is 5.20. The molecule has 0 aromatic heterocycles. The number of nitrogens with one attached hydrogen (secondary N) is 2. The van der Waals surface area contributed by atoms with Crippen LogP contribution in [0, 0.1) is 0 Å². The molecule has 0 spiro atoms. The van der Waals surface area contributed by atoms with Crippen molar-refractivity contribution in [3.05, 3.63) is 0 Å². The van der Waals surface area contributed by atoms with Gasteiger partial charge in [-0.25, -0.2) is 0 Å². The third-order valence-corrected chi connectivity index (χ3v) is 1.65. The van der Waals surface area contributed by atoms with Crippen molar-refractivity contribution in [2.45, 2.75) is 13.8 Å². The summed E-state index contributed by atoms with van der Waals surface area (Å²) in [6.45, 7) is 8.39. The highest BCUT2D eigenvalue weighted by Gasteiger charge is 1.94. The van der Waals surface area contributed by atoms with Crippen LogP contribution in [0.25, 0.3) is 0 Å². The Labute approximate surface area is 92.2 Å². The van der Waals surface area contributed by atoms with E-state index in [2.05, 4.69) is 15.6 Å². The summed E-state index contributed by atoms with van der Waals surface area (Å²) < 4.78 is 10.1. The Balaban J connectivity index is 3.68. The molecule has 15 heavy (non-hydrogen) atoms. The molecule has 0 atom stereocenters. The van der Waals surface area contributed by atoms with E-state index in [0.717, 1.165) is 25.7 Å². The van der Waals surface area contributed by atoms with Crippen molar-refractivity contribution >= 4 is 5.96 Å². The Kier molecular flexibility index (Phi) is 10.7. The smallest absolute Gasteiger partial charge is 0.191 e. The quantitative estimate of drug-likeness (QED) is 0.347. The van der Waals surface area contributed by atoms with Gasteiger partial charge in [-0.2, -0.15) is 0 Å². The molecule has 0 radical (unpaired) electrons. The number of methoxy groups -OCH3 is 1. The van der Waals surface area contributed by atoms with Gasteiger partial charge < -0.3 is 20.1 Å². The summed E-state index contributed by atoms with van der Waals surface area (Å²) >= 11 is 0. The van der Waals surface area contributed by atoms with Crippen molar-refractivity contribution in [3.8, 4) is 0 Å². The molecule has 0 aromatic carbocycles. The summed E-state index contributed by atoms with van der Waals surface area (Å²) in [6, 6.07) is 0. The number of hydrogen-bond donors (Lipinski definition) is 2. The van der Waals surface area contributed by atoms with E-state index < -0.39 is 0 Å². The molecule has 5 nitrogen and oxygen atoms in total. The number of ether oxygens (including phenoxy) is 2. The van der Waals surface area contributed by atoms with E-state index in [1.54, 1.807) is 7.11 Å². The third-order valence-electron chi connectivity index (χ3n) is 1.65. The summed E-state index contributed by atoms with van der Waals surface area (Å²) in [5.41, 5.74) is 0. The summed E-state index contributed by atoms with van der Waals surface area (Å²) in [5, 5.41) is 6.30. The number of nitrogens with zero attached hydrogens (tertiary/aromatic N) is 1. The predicted octanol–water partition coefficient (Wildman–Crippen LogP) is 0.224. The van der Waals surface area contributed by atoms with Gasteiger partial charge in [0.1, 0.15) is 0 Å². The van der Waals surface area contributed by atoms with Crippen LogP contribution in [-0.2, 0) is 9.47 Å². The van der Waals surface area contributed by atoms with Gasteiger partial charge in [0, 0.05) is 26.8 Å². The molecule has 0 aliphatic rings. The Morgan fingerprint density at radius 3 is 2.60 bits per heavy atom.